The smallest absolute Gasteiger partial charge is 0.0816 e. The number of hydrogen-bond donors (Lipinski definition) is 2. The highest BCUT2D eigenvalue weighted by molar-refractivity contribution is 6.25. The molecule has 3 aliphatic rings. The third-order valence-corrected chi connectivity index (χ3v) is 19.5. The van der Waals surface area contributed by atoms with Gasteiger partial charge in [0.25, 0.3) is 0 Å². The summed E-state index contributed by atoms with van der Waals surface area (Å²) in [5, 5.41) is 13.8. The number of hydrogen-bond acceptors (Lipinski definition) is 2. The lowest BCUT2D eigenvalue weighted by atomic mass is 9.87. The Kier molecular flexibility index (Phi) is 11.4. The van der Waals surface area contributed by atoms with E-state index in [4.69, 9.17) is 9.97 Å². The summed E-state index contributed by atoms with van der Waals surface area (Å²) in [4.78, 5) is 21.7. The summed E-state index contributed by atoms with van der Waals surface area (Å²) in [6, 6.07) is 81.7. The van der Waals surface area contributed by atoms with Gasteiger partial charge < -0.3 is 9.97 Å². The van der Waals surface area contributed by atoms with Crippen molar-refractivity contribution in [3.63, 3.8) is 0 Å². The highest BCUT2D eigenvalue weighted by atomic mass is 14.8. The third kappa shape index (κ3) is 7.64. The van der Waals surface area contributed by atoms with Gasteiger partial charge >= 0.3 is 0 Å². The van der Waals surface area contributed by atoms with Crippen molar-refractivity contribution in [2.24, 2.45) is 0 Å². The van der Waals surface area contributed by atoms with Crippen molar-refractivity contribution in [1.82, 2.24) is 19.9 Å². The van der Waals surface area contributed by atoms with Crippen LogP contribution in [0.3, 0.4) is 0 Å². The number of nitrogens with one attached hydrogen (secondary N) is 2. The Bertz CT molecular complexity index is 5010. The summed E-state index contributed by atoms with van der Waals surface area (Å²) in [5.74, 6) is 0. The molecule has 0 unspecified atom stereocenters. The van der Waals surface area contributed by atoms with Gasteiger partial charge in [-0.25, -0.2) is 9.97 Å². The first-order valence-electron chi connectivity index (χ1n) is 30.8. The number of aromatic nitrogens is 4. The second kappa shape index (κ2) is 19.4. The number of rotatable bonds is 4. The van der Waals surface area contributed by atoms with Crippen LogP contribution in [-0.2, 0) is 0 Å². The Hall–Kier alpha value is -10.7. The molecule has 2 N–H and O–H groups in total. The van der Waals surface area contributed by atoms with Crippen LogP contribution in [-0.4, -0.2) is 19.9 Å². The first-order valence-corrected chi connectivity index (χ1v) is 30.8. The molecule has 4 nitrogen and oxygen atoms in total. The minimum atomic E-state index is 0.926. The summed E-state index contributed by atoms with van der Waals surface area (Å²) in [5.41, 5.74) is 30.4. The Balaban J connectivity index is 1.27. The normalized spacial score (nSPS) is 12.1. The molecule has 4 heterocycles. The maximum Gasteiger partial charge on any atom is 0.0816 e. The minimum absolute atomic E-state index is 0.926. The zero-order valence-corrected chi connectivity index (χ0v) is 50.7. The van der Waals surface area contributed by atoms with Crippen molar-refractivity contribution in [3.05, 3.63) is 263 Å². The van der Waals surface area contributed by atoms with E-state index in [2.05, 4.69) is 284 Å². The van der Waals surface area contributed by atoms with Gasteiger partial charge in [0.2, 0.25) is 0 Å². The first-order chi connectivity index (χ1) is 42.9. The maximum absolute atomic E-state index is 6.39. The van der Waals surface area contributed by atoms with Gasteiger partial charge in [0, 0.05) is 66.1 Å². The van der Waals surface area contributed by atoms with Crippen molar-refractivity contribution in [2.75, 3.05) is 0 Å². The molecule has 17 rings (SSSR count). The SMILES string of the molecule is Cc1cccc(C)c1-c1c2nc(c(-c3c(C)cccc3C)c3[nH]c(c(-c4c(C)cccc4C)c4nc(c(-c5c(C)cccc5C)c5[nH]c1c1cc6ccccc6cc51)-c1cc5ccccc5cc1-4)c1cc4ccccc4cc31)-c1cc3ccccc3cc1-2. The number of fused-ring (bicyclic) bond motifs is 4. The standard InChI is InChI=1S/C84H62N4/c1-45-21-17-22-46(2)69(45)73-77-61-37-53-29-9-11-31-55(53)39-63(61)79(85-77)74(70-47(3)23-18-24-48(70)4)81-65-41-57-33-13-15-35-59(57)43-67(65)83(87-81)76(72-51(7)27-20-28-52(72)8)84-68-44-60-36-16-14-34-58(60)42-66(68)82(88-84)75(71-49(5)25-19-26-50(71)6)80-64-40-56-32-12-10-30-54(56)38-62(64)78(73)86-80/h9-44,85,88H,1-8H3. The van der Waals surface area contributed by atoms with Crippen molar-refractivity contribution in [3.8, 4) is 89.5 Å². The quantitative estimate of drug-likeness (QED) is 0.184. The summed E-state index contributed by atoms with van der Waals surface area (Å²) < 4.78 is 0. The van der Waals surface area contributed by atoms with Gasteiger partial charge in [-0.15, -0.1) is 0 Å². The van der Waals surface area contributed by atoms with E-state index in [0.29, 0.717) is 0 Å². The number of nitrogens with zero attached hydrogens (tertiary/aromatic N) is 2. The second-order valence-electron chi connectivity index (χ2n) is 24.9. The van der Waals surface area contributed by atoms with Crippen LogP contribution >= 0.6 is 0 Å². The van der Waals surface area contributed by atoms with Crippen LogP contribution in [0.15, 0.2) is 218 Å². The van der Waals surface area contributed by atoms with Gasteiger partial charge in [0.1, 0.15) is 0 Å². The van der Waals surface area contributed by atoms with Crippen LogP contribution in [0.4, 0.5) is 0 Å². The van der Waals surface area contributed by atoms with E-state index < -0.39 is 0 Å². The van der Waals surface area contributed by atoms with E-state index in [9.17, 15) is 0 Å². The lowest BCUT2D eigenvalue weighted by molar-refractivity contribution is 1.33. The molecule has 0 saturated heterocycles. The van der Waals surface area contributed by atoms with Crippen molar-refractivity contribution >= 4 is 86.7 Å². The molecular formula is C84H62N4. The predicted molar refractivity (Wildman–Crippen MR) is 375 cm³/mol. The Morgan fingerprint density at radius 2 is 0.386 bits per heavy atom. The van der Waals surface area contributed by atoms with Gasteiger partial charge in [0.05, 0.1) is 44.8 Å². The van der Waals surface area contributed by atoms with Crippen molar-refractivity contribution in [1.29, 1.82) is 0 Å². The third-order valence-electron chi connectivity index (χ3n) is 19.5. The van der Waals surface area contributed by atoms with Crippen molar-refractivity contribution in [2.45, 2.75) is 55.4 Å². The highest BCUT2D eigenvalue weighted by Gasteiger charge is 2.33. The van der Waals surface area contributed by atoms with Crippen LogP contribution in [0.2, 0.25) is 0 Å². The molecule has 8 bridgehead atoms. The maximum atomic E-state index is 6.39. The Morgan fingerprint density at radius 1 is 0.205 bits per heavy atom. The largest absolute Gasteiger partial charge is 0.353 e. The van der Waals surface area contributed by atoms with E-state index >= 15 is 0 Å². The van der Waals surface area contributed by atoms with E-state index in [1.54, 1.807) is 0 Å². The first kappa shape index (κ1) is 51.7. The van der Waals surface area contributed by atoms with Gasteiger partial charge in [-0.05, 0) is 214 Å². The average molecular weight is 1130 g/mol. The fourth-order valence-corrected chi connectivity index (χ4v) is 15.4. The molecule has 0 amide bonds. The van der Waals surface area contributed by atoms with Crippen LogP contribution < -0.4 is 0 Å². The zero-order valence-electron chi connectivity index (χ0n) is 50.7. The monoisotopic (exact) mass is 1130 g/mol. The number of aryl methyl sites for hydroxylation is 8. The van der Waals surface area contributed by atoms with Crippen LogP contribution in [0.1, 0.15) is 44.5 Å². The van der Waals surface area contributed by atoms with E-state index in [0.717, 1.165) is 155 Å². The molecule has 14 aromatic rings. The van der Waals surface area contributed by atoms with Crippen LogP contribution in [0, 0.1) is 55.4 Å². The molecule has 0 radical (unpaired) electrons. The molecule has 88 heavy (non-hydrogen) atoms. The minimum Gasteiger partial charge on any atom is -0.353 e. The second-order valence-corrected chi connectivity index (χ2v) is 24.9. The molecule has 2 aliphatic heterocycles. The predicted octanol–water partition coefficient (Wildman–Crippen LogP) is 23.0. The van der Waals surface area contributed by atoms with E-state index in [1.807, 2.05) is 0 Å². The van der Waals surface area contributed by atoms with Gasteiger partial charge in [0.15, 0.2) is 0 Å². The fourth-order valence-electron chi connectivity index (χ4n) is 15.4. The summed E-state index contributed by atoms with van der Waals surface area (Å²) in [7, 11) is 0. The number of benzene rings is 12. The van der Waals surface area contributed by atoms with Gasteiger partial charge in [-0.2, -0.15) is 0 Å². The highest BCUT2D eigenvalue weighted by Crippen LogP contribution is 2.55. The molecule has 0 spiro atoms. The molecule has 12 aromatic carbocycles. The topological polar surface area (TPSA) is 57.4 Å². The fraction of sp³-hybridized carbons (Fsp3) is 0.0952. The molecule has 0 saturated carbocycles. The lowest BCUT2D eigenvalue weighted by Gasteiger charge is -2.15. The summed E-state index contributed by atoms with van der Waals surface area (Å²) in [6.07, 6.45) is 0. The Morgan fingerprint density at radius 3 is 0.580 bits per heavy atom. The molecule has 0 atom stereocenters. The number of H-pyrrole nitrogens is 2. The Labute approximate surface area is 511 Å². The lowest BCUT2D eigenvalue weighted by Crippen LogP contribution is -1.94. The molecule has 4 heteroatoms. The zero-order chi connectivity index (χ0) is 59.4. The molecule has 418 valence electrons. The summed E-state index contributed by atoms with van der Waals surface area (Å²) >= 11 is 0. The summed E-state index contributed by atoms with van der Waals surface area (Å²) in [6.45, 7) is 18.2. The molecule has 2 aromatic heterocycles. The molecule has 0 fully saturated rings. The van der Waals surface area contributed by atoms with Gasteiger partial charge in [-0.3, -0.25) is 0 Å². The van der Waals surface area contributed by atoms with Crippen molar-refractivity contribution < 1.29 is 0 Å². The van der Waals surface area contributed by atoms with Crippen LogP contribution in [0.25, 0.3) is 176 Å². The molecule has 1 aliphatic carbocycles. The van der Waals surface area contributed by atoms with Gasteiger partial charge in [-0.1, -0.05) is 170 Å². The van der Waals surface area contributed by atoms with E-state index in [-0.39, 0.29) is 0 Å². The van der Waals surface area contributed by atoms with Crippen LogP contribution in [0.5, 0.6) is 0 Å². The average Bonchev–Trinajstić information content (AvgIpc) is 2.11. The molecular weight excluding hydrogens is 1060 g/mol. The number of aromatic amines is 2. The van der Waals surface area contributed by atoms with E-state index in [1.165, 1.54) is 66.1 Å².